The Kier molecular flexibility index (Phi) is 4.37. The monoisotopic (exact) mass is 376 g/mol. The molecule has 5 nitrogen and oxygen atoms in total. The Labute approximate surface area is 151 Å². The van der Waals surface area contributed by atoms with Crippen LogP contribution in [-0.4, -0.2) is 43.1 Å². The van der Waals surface area contributed by atoms with Crippen LogP contribution in [0.15, 0.2) is 35.7 Å². The Morgan fingerprint density at radius 2 is 2.00 bits per heavy atom. The van der Waals surface area contributed by atoms with E-state index < -0.39 is 9.84 Å². The van der Waals surface area contributed by atoms with Gasteiger partial charge in [-0.3, -0.25) is 4.79 Å². The van der Waals surface area contributed by atoms with Crippen LogP contribution in [0.2, 0.25) is 0 Å². The number of hydrogen-bond donors (Lipinski definition) is 0. The van der Waals surface area contributed by atoms with Crippen LogP contribution in [0.5, 0.6) is 0 Å². The predicted octanol–water partition coefficient (Wildman–Crippen LogP) is 2.95. The second kappa shape index (κ2) is 6.53. The molecule has 4 rings (SSSR count). The van der Waals surface area contributed by atoms with Gasteiger partial charge in [-0.05, 0) is 25.0 Å². The van der Waals surface area contributed by atoms with Gasteiger partial charge in [-0.2, -0.15) is 0 Å². The van der Waals surface area contributed by atoms with E-state index in [1.165, 1.54) is 10.1 Å². The summed E-state index contributed by atoms with van der Waals surface area (Å²) in [7, 11) is -3.09. The van der Waals surface area contributed by atoms with Crippen molar-refractivity contribution in [3.05, 3.63) is 40.8 Å². The molecule has 0 radical (unpaired) electrons. The van der Waals surface area contributed by atoms with Gasteiger partial charge in [0.05, 0.1) is 21.0 Å². The van der Waals surface area contributed by atoms with E-state index in [9.17, 15) is 13.2 Å². The number of para-hydroxylation sites is 1. The molecule has 1 aromatic carbocycles. The Morgan fingerprint density at radius 3 is 2.68 bits per heavy atom. The largest absolute Gasteiger partial charge is 0.343 e. The summed E-state index contributed by atoms with van der Waals surface area (Å²) in [5.74, 6) is 0.378. The van der Waals surface area contributed by atoms with Crippen molar-refractivity contribution < 1.29 is 13.2 Å². The molecular weight excluding hydrogens is 356 g/mol. The molecule has 1 amide bonds. The number of aromatic nitrogens is 1. The van der Waals surface area contributed by atoms with Crippen molar-refractivity contribution in [1.82, 2.24) is 9.88 Å². The van der Waals surface area contributed by atoms with Gasteiger partial charge in [0.15, 0.2) is 9.84 Å². The third-order valence-corrected chi connectivity index (χ3v) is 7.61. The molecule has 1 saturated heterocycles. The highest BCUT2D eigenvalue weighted by atomic mass is 32.2. The first-order valence-corrected chi connectivity index (χ1v) is 11.1. The van der Waals surface area contributed by atoms with Crippen molar-refractivity contribution in [3.63, 3.8) is 0 Å². The minimum absolute atomic E-state index is 0.0644. The maximum Gasteiger partial charge on any atom is 0.223 e. The number of thiazole rings is 1. The Bertz CT molecular complexity index is 892. The third-order valence-electron chi connectivity index (χ3n) is 4.95. The highest BCUT2D eigenvalue weighted by molar-refractivity contribution is 7.94. The molecule has 0 spiro atoms. The molecule has 0 bridgehead atoms. The second-order valence-electron chi connectivity index (χ2n) is 6.80. The minimum atomic E-state index is -3.09. The van der Waals surface area contributed by atoms with Crippen molar-refractivity contribution in [2.75, 3.05) is 18.8 Å². The van der Waals surface area contributed by atoms with Gasteiger partial charge in [0, 0.05) is 36.8 Å². The van der Waals surface area contributed by atoms with Crippen molar-refractivity contribution in [3.8, 4) is 0 Å². The van der Waals surface area contributed by atoms with Crippen LogP contribution in [0.4, 0.5) is 0 Å². The van der Waals surface area contributed by atoms with E-state index in [0.29, 0.717) is 12.3 Å². The number of allylic oxidation sites excluding steroid dienone is 1. The van der Waals surface area contributed by atoms with E-state index >= 15 is 0 Å². The molecule has 2 aliphatic heterocycles. The molecule has 7 heteroatoms. The van der Waals surface area contributed by atoms with Gasteiger partial charge in [0.2, 0.25) is 5.91 Å². The first-order valence-electron chi connectivity index (χ1n) is 8.54. The number of sulfone groups is 1. The molecule has 0 N–H and O–H groups in total. The lowest BCUT2D eigenvalue weighted by molar-refractivity contribution is -0.132. The highest BCUT2D eigenvalue weighted by Crippen LogP contribution is 2.34. The van der Waals surface area contributed by atoms with Gasteiger partial charge in [0.25, 0.3) is 0 Å². The van der Waals surface area contributed by atoms with Crippen LogP contribution in [0.25, 0.3) is 10.2 Å². The molecule has 1 aromatic heterocycles. The quantitative estimate of drug-likeness (QED) is 0.826. The second-order valence-corrected chi connectivity index (χ2v) is 9.79. The van der Waals surface area contributed by atoms with Gasteiger partial charge >= 0.3 is 0 Å². The SMILES string of the molecule is O=C(CC1C=CS(=O)(=O)C1)N1CCC(c2nc3ccccc3s2)CC1. The number of nitrogens with zero attached hydrogens (tertiary/aromatic N) is 2. The van der Waals surface area contributed by atoms with Crippen LogP contribution in [0, 0.1) is 5.92 Å². The Balaban J connectivity index is 1.35. The zero-order valence-corrected chi connectivity index (χ0v) is 15.4. The number of hydrogen-bond acceptors (Lipinski definition) is 5. The molecule has 1 atom stereocenters. The Hall–Kier alpha value is -1.73. The molecule has 1 unspecified atom stereocenters. The van der Waals surface area contributed by atoms with Crippen molar-refractivity contribution >= 4 is 37.3 Å². The molecule has 2 aliphatic rings. The molecule has 1 fully saturated rings. The third kappa shape index (κ3) is 3.62. The fraction of sp³-hybridized carbons (Fsp3) is 0.444. The molecule has 25 heavy (non-hydrogen) atoms. The zero-order valence-electron chi connectivity index (χ0n) is 13.8. The number of fused-ring (bicyclic) bond motifs is 1. The molecule has 3 heterocycles. The fourth-order valence-electron chi connectivity index (χ4n) is 3.56. The smallest absolute Gasteiger partial charge is 0.223 e. The number of likely N-dealkylation sites (tertiary alicyclic amines) is 1. The van der Waals surface area contributed by atoms with Gasteiger partial charge in [-0.15, -0.1) is 11.3 Å². The zero-order chi connectivity index (χ0) is 17.4. The van der Waals surface area contributed by atoms with Gasteiger partial charge < -0.3 is 4.90 Å². The average Bonchev–Trinajstić information content (AvgIpc) is 3.18. The summed E-state index contributed by atoms with van der Waals surface area (Å²) in [5.41, 5.74) is 1.05. The minimum Gasteiger partial charge on any atom is -0.343 e. The summed E-state index contributed by atoms with van der Waals surface area (Å²) < 4.78 is 24.1. The van der Waals surface area contributed by atoms with E-state index in [0.717, 1.165) is 36.5 Å². The first-order chi connectivity index (χ1) is 12.0. The van der Waals surface area contributed by atoms with Gasteiger partial charge in [0.1, 0.15) is 0 Å². The van der Waals surface area contributed by atoms with E-state index in [-0.39, 0.29) is 17.6 Å². The summed E-state index contributed by atoms with van der Waals surface area (Å²) in [6.45, 7) is 1.45. The molecule has 2 aromatic rings. The topological polar surface area (TPSA) is 67.3 Å². The van der Waals surface area contributed by atoms with Crippen LogP contribution in [0.3, 0.4) is 0 Å². The van der Waals surface area contributed by atoms with Crippen LogP contribution in [0.1, 0.15) is 30.2 Å². The Morgan fingerprint density at radius 1 is 1.24 bits per heavy atom. The predicted molar refractivity (Wildman–Crippen MR) is 99.2 cm³/mol. The number of carbonyl (C=O) groups excluding carboxylic acids is 1. The lowest BCUT2D eigenvalue weighted by atomic mass is 9.96. The first kappa shape index (κ1) is 16.7. The number of carbonyl (C=O) groups is 1. The highest BCUT2D eigenvalue weighted by Gasteiger charge is 2.29. The van der Waals surface area contributed by atoms with E-state index in [1.54, 1.807) is 17.4 Å². The average molecular weight is 377 g/mol. The van der Waals surface area contributed by atoms with Crippen molar-refractivity contribution in [1.29, 1.82) is 0 Å². The molecular formula is C18H20N2O3S2. The van der Waals surface area contributed by atoms with Gasteiger partial charge in [-0.1, -0.05) is 18.2 Å². The number of rotatable bonds is 3. The van der Waals surface area contributed by atoms with E-state index in [4.69, 9.17) is 4.98 Å². The van der Waals surface area contributed by atoms with Crippen LogP contribution >= 0.6 is 11.3 Å². The van der Waals surface area contributed by atoms with Gasteiger partial charge in [-0.25, -0.2) is 13.4 Å². The maximum atomic E-state index is 12.4. The number of piperidine rings is 1. The van der Waals surface area contributed by atoms with E-state index in [1.807, 2.05) is 23.1 Å². The standard InChI is InChI=1S/C18H20N2O3S2/c21-17(11-13-7-10-25(22,23)12-13)20-8-5-14(6-9-20)18-19-15-3-1-2-4-16(15)24-18/h1-4,7,10,13-14H,5-6,8-9,11-12H2. The summed E-state index contributed by atoms with van der Waals surface area (Å²) in [5, 5.41) is 2.41. The maximum absolute atomic E-state index is 12.4. The normalized spacial score (nSPS) is 23.4. The summed E-state index contributed by atoms with van der Waals surface area (Å²) in [4.78, 5) is 19.1. The fourth-order valence-corrected chi connectivity index (χ4v) is 6.10. The van der Waals surface area contributed by atoms with Crippen molar-refractivity contribution in [2.24, 2.45) is 5.92 Å². The molecule has 0 saturated carbocycles. The lowest BCUT2D eigenvalue weighted by Crippen LogP contribution is -2.38. The van der Waals surface area contributed by atoms with Crippen LogP contribution < -0.4 is 0 Å². The number of amides is 1. The van der Waals surface area contributed by atoms with Crippen molar-refractivity contribution in [2.45, 2.75) is 25.2 Å². The summed E-state index contributed by atoms with van der Waals surface area (Å²) >= 11 is 1.75. The summed E-state index contributed by atoms with van der Waals surface area (Å²) in [6, 6.07) is 8.17. The number of benzene rings is 1. The van der Waals surface area contributed by atoms with E-state index in [2.05, 4.69) is 6.07 Å². The lowest BCUT2D eigenvalue weighted by Gasteiger charge is -2.31. The molecule has 132 valence electrons. The van der Waals surface area contributed by atoms with Crippen LogP contribution in [-0.2, 0) is 14.6 Å². The summed E-state index contributed by atoms with van der Waals surface area (Å²) in [6.07, 6.45) is 3.79. The molecule has 0 aliphatic carbocycles.